The Morgan fingerprint density at radius 2 is 2.25 bits per heavy atom. The molecule has 0 aliphatic carbocycles. The van der Waals surface area contributed by atoms with Crippen LogP contribution in [0.2, 0.25) is 0 Å². The third-order valence-electron chi connectivity index (χ3n) is 2.55. The van der Waals surface area contributed by atoms with Crippen LogP contribution in [0.5, 0.6) is 5.75 Å². The molecule has 0 saturated carbocycles. The molecule has 0 radical (unpaired) electrons. The Morgan fingerprint density at radius 3 is 2.94 bits per heavy atom. The molecule has 0 aromatic heterocycles. The zero-order chi connectivity index (χ0) is 11.8. The Kier molecular flexibility index (Phi) is 2.46. The number of carbonyl (C=O) groups is 1. The van der Waals surface area contributed by atoms with Gasteiger partial charge in [0.1, 0.15) is 11.4 Å². The Labute approximate surface area is 95.8 Å². The van der Waals surface area contributed by atoms with E-state index in [0.29, 0.717) is 0 Å². The van der Waals surface area contributed by atoms with Crippen LogP contribution in [-0.4, -0.2) is 16.7 Å². The first-order valence-corrected chi connectivity index (χ1v) is 5.21. The van der Waals surface area contributed by atoms with Crippen molar-refractivity contribution in [2.24, 2.45) is 0 Å². The number of fused-ring (bicyclic) bond motifs is 1. The number of hydrogen-bond acceptors (Lipinski definition) is 2. The highest BCUT2D eigenvalue weighted by Crippen LogP contribution is 2.30. The third-order valence-corrected chi connectivity index (χ3v) is 2.55. The lowest BCUT2D eigenvalue weighted by molar-refractivity contribution is 0.0696. The normalized spacial score (nSPS) is 17.1. The van der Waals surface area contributed by atoms with Gasteiger partial charge in [-0.1, -0.05) is 12.2 Å². The quantitative estimate of drug-likeness (QED) is 0.790. The molecule has 0 unspecified atom stereocenters. The van der Waals surface area contributed by atoms with Crippen molar-refractivity contribution in [1.29, 1.82) is 0 Å². The molecular formula is C13H16O3. The lowest BCUT2D eigenvalue weighted by Gasteiger charge is -2.24. The Balaban J connectivity index is 0.00000144. The molecule has 3 nitrogen and oxygen atoms in total. The minimum Gasteiger partial charge on any atom is -0.487 e. The molecule has 16 heavy (non-hydrogen) atoms. The van der Waals surface area contributed by atoms with E-state index in [4.69, 9.17) is 9.84 Å². The van der Waals surface area contributed by atoms with E-state index in [0.717, 1.165) is 17.7 Å². The molecule has 1 aliphatic heterocycles. The summed E-state index contributed by atoms with van der Waals surface area (Å²) in [5, 5.41) is 8.89. The molecule has 1 aliphatic rings. The highest BCUT2D eigenvalue weighted by molar-refractivity contribution is 5.89. The first-order chi connectivity index (χ1) is 7.48. The number of rotatable bonds is 1. The summed E-state index contributed by atoms with van der Waals surface area (Å²) >= 11 is 0. The van der Waals surface area contributed by atoms with Crippen molar-refractivity contribution >= 4 is 12.0 Å². The lowest BCUT2D eigenvalue weighted by atomic mass is 10.1. The molecule has 0 amide bonds. The van der Waals surface area contributed by atoms with Gasteiger partial charge in [-0.2, -0.15) is 0 Å². The summed E-state index contributed by atoms with van der Waals surface area (Å²) in [4.78, 5) is 10.8. The molecule has 86 valence electrons. The second-order valence-corrected chi connectivity index (χ2v) is 4.53. The highest BCUT2D eigenvalue weighted by Gasteiger charge is 2.22. The zero-order valence-corrected chi connectivity index (χ0v) is 9.36. The Hall–Kier alpha value is -1.77. The van der Waals surface area contributed by atoms with Gasteiger partial charge in [0, 0.05) is 13.4 Å². The second-order valence-electron chi connectivity index (χ2n) is 4.53. The van der Waals surface area contributed by atoms with Gasteiger partial charge < -0.3 is 9.84 Å². The van der Waals surface area contributed by atoms with Crippen LogP contribution in [-0.2, 0) is 0 Å². The molecule has 1 heterocycles. The second kappa shape index (κ2) is 3.67. The number of aromatic carboxylic acids is 1. The van der Waals surface area contributed by atoms with Crippen molar-refractivity contribution in [3.05, 3.63) is 35.4 Å². The van der Waals surface area contributed by atoms with Gasteiger partial charge >= 0.3 is 5.97 Å². The summed E-state index contributed by atoms with van der Waals surface area (Å²) in [5.41, 5.74) is 0.865. The molecule has 1 aromatic carbocycles. The topological polar surface area (TPSA) is 46.5 Å². The predicted molar refractivity (Wildman–Crippen MR) is 63.9 cm³/mol. The van der Waals surface area contributed by atoms with Crippen molar-refractivity contribution in [3.63, 3.8) is 0 Å². The molecule has 2 rings (SSSR count). The average Bonchev–Trinajstić information content (AvgIpc) is 2.33. The highest BCUT2D eigenvalue weighted by atomic mass is 16.5. The number of carboxylic acid groups (broad SMARTS) is 1. The fourth-order valence-electron chi connectivity index (χ4n) is 1.71. The summed E-state index contributed by atoms with van der Waals surface area (Å²) in [7, 11) is 0. The van der Waals surface area contributed by atoms with Gasteiger partial charge in [0.2, 0.25) is 0 Å². The lowest BCUT2D eigenvalue weighted by Crippen LogP contribution is -2.26. The van der Waals surface area contributed by atoms with Crippen LogP contribution >= 0.6 is 0 Å². The van der Waals surface area contributed by atoms with Crippen molar-refractivity contribution in [3.8, 4) is 5.75 Å². The number of hydrogen-bond donors (Lipinski definition) is 1. The van der Waals surface area contributed by atoms with Gasteiger partial charge in [0.25, 0.3) is 0 Å². The first-order valence-electron chi connectivity index (χ1n) is 5.21. The number of ether oxygens (including phenoxy) is 1. The SMILES string of the molecule is CC1(C)CC=Cc2cc(C(=O)O)ccc2O1.[HH]. The zero-order valence-electron chi connectivity index (χ0n) is 9.36. The molecule has 0 spiro atoms. The molecule has 0 fully saturated rings. The van der Waals surface area contributed by atoms with Crippen molar-refractivity contribution in [1.82, 2.24) is 0 Å². The third kappa shape index (κ3) is 2.08. The molecule has 0 saturated heterocycles. The maximum absolute atomic E-state index is 10.8. The standard InChI is InChI=1S/C13H14O3.H2/c1-13(2)7-3-4-9-8-10(12(14)15)5-6-11(9)16-13;/h3-6,8H,7H2,1-2H3,(H,14,15);1H. The van der Waals surface area contributed by atoms with Crippen molar-refractivity contribution in [2.75, 3.05) is 0 Å². The summed E-state index contributed by atoms with van der Waals surface area (Å²) in [5.74, 6) is -0.177. The van der Waals surface area contributed by atoms with Gasteiger partial charge in [-0.05, 0) is 32.0 Å². The van der Waals surface area contributed by atoms with Crippen LogP contribution in [0.4, 0.5) is 0 Å². The number of carboxylic acids is 1. The van der Waals surface area contributed by atoms with Crippen LogP contribution in [0.3, 0.4) is 0 Å². The van der Waals surface area contributed by atoms with E-state index in [2.05, 4.69) is 0 Å². The average molecular weight is 220 g/mol. The van der Waals surface area contributed by atoms with Crippen molar-refractivity contribution in [2.45, 2.75) is 25.9 Å². The van der Waals surface area contributed by atoms with Crippen LogP contribution in [0.15, 0.2) is 24.3 Å². The van der Waals surface area contributed by atoms with Crippen molar-refractivity contribution < 1.29 is 16.1 Å². The molecular weight excluding hydrogens is 204 g/mol. The summed E-state index contributed by atoms with van der Waals surface area (Å²) < 4.78 is 5.82. The summed E-state index contributed by atoms with van der Waals surface area (Å²) in [6, 6.07) is 4.92. The fourth-order valence-corrected chi connectivity index (χ4v) is 1.71. The smallest absolute Gasteiger partial charge is 0.335 e. The van der Waals surface area contributed by atoms with Crippen LogP contribution < -0.4 is 4.74 Å². The van der Waals surface area contributed by atoms with Gasteiger partial charge in [0.05, 0.1) is 5.56 Å². The van der Waals surface area contributed by atoms with Gasteiger partial charge in [-0.15, -0.1) is 0 Å². The van der Waals surface area contributed by atoms with E-state index in [9.17, 15) is 4.79 Å². The molecule has 0 bridgehead atoms. The predicted octanol–water partition coefficient (Wildman–Crippen LogP) is 3.21. The summed E-state index contributed by atoms with van der Waals surface area (Å²) in [6.45, 7) is 4.02. The largest absolute Gasteiger partial charge is 0.487 e. The van der Waals surface area contributed by atoms with E-state index in [1.54, 1.807) is 18.2 Å². The maximum atomic E-state index is 10.8. The van der Waals surface area contributed by atoms with E-state index in [1.165, 1.54) is 0 Å². The van der Waals surface area contributed by atoms with E-state index < -0.39 is 5.97 Å². The van der Waals surface area contributed by atoms with E-state index in [1.807, 2.05) is 26.0 Å². The molecule has 1 N–H and O–H groups in total. The molecule has 3 heteroatoms. The van der Waals surface area contributed by atoms with E-state index in [-0.39, 0.29) is 12.6 Å². The first kappa shape index (κ1) is 10.7. The monoisotopic (exact) mass is 220 g/mol. The van der Waals surface area contributed by atoms with Gasteiger partial charge in [0.15, 0.2) is 0 Å². The van der Waals surface area contributed by atoms with Crippen LogP contribution in [0, 0.1) is 0 Å². The van der Waals surface area contributed by atoms with E-state index >= 15 is 0 Å². The van der Waals surface area contributed by atoms with Crippen LogP contribution in [0.25, 0.3) is 6.08 Å². The minimum atomic E-state index is -0.917. The van der Waals surface area contributed by atoms with Gasteiger partial charge in [-0.25, -0.2) is 4.79 Å². The minimum absolute atomic E-state index is 0. The molecule has 0 atom stereocenters. The number of benzene rings is 1. The van der Waals surface area contributed by atoms with Gasteiger partial charge in [-0.3, -0.25) is 0 Å². The van der Waals surface area contributed by atoms with Crippen LogP contribution in [0.1, 0.15) is 37.6 Å². The Morgan fingerprint density at radius 1 is 1.50 bits per heavy atom. The molecule has 1 aromatic rings. The Bertz CT molecular complexity index is 464. The summed E-state index contributed by atoms with van der Waals surface area (Å²) in [6.07, 6.45) is 4.73. The maximum Gasteiger partial charge on any atom is 0.335 e. The fraction of sp³-hybridized carbons (Fsp3) is 0.308.